The van der Waals surface area contributed by atoms with Crippen molar-refractivity contribution >= 4 is 11.8 Å². The molecule has 0 aliphatic carbocycles. The van der Waals surface area contributed by atoms with E-state index in [2.05, 4.69) is 0 Å². The first-order chi connectivity index (χ1) is 7.01. The molecule has 1 unspecified atom stereocenters. The fourth-order valence-electron chi connectivity index (χ4n) is 1.79. The monoisotopic (exact) mass is 243 g/mol. The summed E-state index contributed by atoms with van der Waals surface area (Å²) in [4.78, 5) is 2.00. The summed E-state index contributed by atoms with van der Waals surface area (Å²) in [5, 5.41) is 8.95. The van der Waals surface area contributed by atoms with Crippen molar-refractivity contribution in [1.29, 1.82) is 0 Å². The lowest BCUT2D eigenvalue weighted by Gasteiger charge is -2.31. The maximum atomic E-state index is 11.9. The lowest BCUT2D eigenvalue weighted by atomic mass is 9.99. The van der Waals surface area contributed by atoms with Gasteiger partial charge in [0.2, 0.25) is 0 Å². The van der Waals surface area contributed by atoms with Gasteiger partial charge in [0, 0.05) is 25.4 Å². The number of alkyl halides is 3. The van der Waals surface area contributed by atoms with Crippen molar-refractivity contribution in [2.24, 2.45) is 5.92 Å². The minimum atomic E-state index is -4.12. The molecule has 1 fully saturated rings. The summed E-state index contributed by atoms with van der Waals surface area (Å²) in [6, 6.07) is 0. The second-order valence-corrected chi connectivity index (χ2v) is 4.95. The molecular weight excluding hydrogens is 227 g/mol. The number of piperidine rings is 1. The van der Waals surface area contributed by atoms with E-state index in [1.165, 1.54) is 0 Å². The third kappa shape index (κ3) is 5.63. The van der Waals surface area contributed by atoms with E-state index in [0.29, 0.717) is 6.54 Å². The molecule has 1 N–H and O–H groups in total. The van der Waals surface area contributed by atoms with Crippen molar-refractivity contribution < 1.29 is 18.3 Å². The molecule has 0 aromatic carbocycles. The van der Waals surface area contributed by atoms with Crippen LogP contribution in [0.4, 0.5) is 13.2 Å². The number of hydrogen-bond donors (Lipinski definition) is 1. The lowest BCUT2D eigenvalue weighted by Crippen LogP contribution is -2.38. The molecule has 0 spiro atoms. The minimum Gasteiger partial charge on any atom is -0.396 e. The molecule has 1 rings (SSSR count). The quantitative estimate of drug-likeness (QED) is 0.816. The molecule has 1 saturated heterocycles. The van der Waals surface area contributed by atoms with Gasteiger partial charge in [-0.2, -0.15) is 13.2 Å². The first-order valence-corrected chi connectivity index (χ1v) is 6.04. The van der Waals surface area contributed by atoms with Crippen molar-refractivity contribution in [3.8, 4) is 0 Å². The number of thioether (sulfide) groups is 1. The standard InChI is InChI=1S/C9H16F3NOS/c10-9(11,12)15-5-4-13-3-1-2-8(6-13)7-14/h8,14H,1-7H2. The maximum absolute atomic E-state index is 11.9. The zero-order valence-corrected chi connectivity index (χ0v) is 9.28. The zero-order valence-electron chi connectivity index (χ0n) is 8.46. The fraction of sp³-hybridized carbons (Fsp3) is 1.00. The van der Waals surface area contributed by atoms with Crippen molar-refractivity contribution in [1.82, 2.24) is 4.90 Å². The predicted octanol–water partition coefficient (Wildman–Crippen LogP) is 1.94. The van der Waals surface area contributed by atoms with Crippen LogP contribution in [0.15, 0.2) is 0 Å². The van der Waals surface area contributed by atoms with Gasteiger partial charge in [-0.1, -0.05) is 0 Å². The lowest BCUT2D eigenvalue weighted by molar-refractivity contribution is -0.0329. The number of hydrogen-bond acceptors (Lipinski definition) is 3. The van der Waals surface area contributed by atoms with Gasteiger partial charge in [-0.15, -0.1) is 0 Å². The van der Waals surface area contributed by atoms with Crippen LogP contribution in [0.5, 0.6) is 0 Å². The molecule has 0 saturated carbocycles. The Morgan fingerprint density at radius 2 is 2.13 bits per heavy atom. The van der Waals surface area contributed by atoms with E-state index in [0.717, 1.165) is 25.9 Å². The van der Waals surface area contributed by atoms with Gasteiger partial charge >= 0.3 is 5.51 Å². The van der Waals surface area contributed by atoms with Crippen LogP contribution >= 0.6 is 11.8 Å². The Morgan fingerprint density at radius 3 is 2.73 bits per heavy atom. The van der Waals surface area contributed by atoms with Crippen molar-refractivity contribution in [3.05, 3.63) is 0 Å². The highest BCUT2D eigenvalue weighted by molar-refractivity contribution is 8.00. The highest BCUT2D eigenvalue weighted by Gasteiger charge is 2.28. The Balaban J connectivity index is 2.15. The van der Waals surface area contributed by atoms with Crippen LogP contribution in [-0.2, 0) is 0 Å². The molecule has 2 nitrogen and oxygen atoms in total. The van der Waals surface area contributed by atoms with Crippen molar-refractivity contribution in [2.45, 2.75) is 18.3 Å². The van der Waals surface area contributed by atoms with E-state index >= 15 is 0 Å². The highest BCUT2D eigenvalue weighted by Crippen LogP contribution is 2.30. The Morgan fingerprint density at radius 1 is 1.40 bits per heavy atom. The van der Waals surface area contributed by atoms with E-state index in [-0.39, 0.29) is 30.0 Å². The molecule has 15 heavy (non-hydrogen) atoms. The van der Waals surface area contributed by atoms with Gasteiger partial charge in [-0.3, -0.25) is 0 Å². The van der Waals surface area contributed by atoms with Gasteiger partial charge in [0.15, 0.2) is 0 Å². The van der Waals surface area contributed by atoms with E-state index in [9.17, 15) is 13.2 Å². The zero-order chi connectivity index (χ0) is 11.3. The number of halogens is 3. The van der Waals surface area contributed by atoms with Crippen LogP contribution in [-0.4, -0.2) is 47.5 Å². The van der Waals surface area contributed by atoms with Crippen LogP contribution in [0.25, 0.3) is 0 Å². The second kappa shape index (κ2) is 5.96. The third-order valence-electron chi connectivity index (χ3n) is 2.53. The summed E-state index contributed by atoms with van der Waals surface area (Å²) in [5.74, 6) is 0.330. The smallest absolute Gasteiger partial charge is 0.396 e. The van der Waals surface area contributed by atoms with Crippen LogP contribution in [0.3, 0.4) is 0 Å². The number of likely N-dealkylation sites (tertiary alicyclic amines) is 1. The molecule has 0 radical (unpaired) electrons. The molecule has 90 valence electrons. The van der Waals surface area contributed by atoms with Crippen LogP contribution < -0.4 is 0 Å². The molecule has 0 aromatic rings. The number of aliphatic hydroxyl groups excluding tert-OH is 1. The third-order valence-corrected chi connectivity index (χ3v) is 3.25. The van der Waals surface area contributed by atoms with Gasteiger partial charge in [-0.05, 0) is 37.1 Å². The van der Waals surface area contributed by atoms with Gasteiger partial charge < -0.3 is 10.0 Å². The number of aliphatic hydroxyl groups is 1. The highest BCUT2D eigenvalue weighted by atomic mass is 32.2. The molecule has 1 aliphatic heterocycles. The van der Waals surface area contributed by atoms with Gasteiger partial charge in [-0.25, -0.2) is 0 Å². The Labute approximate surface area is 91.8 Å². The summed E-state index contributed by atoms with van der Waals surface area (Å²) in [6.45, 7) is 2.19. The van der Waals surface area contributed by atoms with E-state index in [4.69, 9.17) is 5.11 Å². The summed E-state index contributed by atoms with van der Waals surface area (Å²) in [6.07, 6.45) is 1.96. The summed E-state index contributed by atoms with van der Waals surface area (Å²) >= 11 is 0.0319. The van der Waals surface area contributed by atoms with Crippen molar-refractivity contribution in [2.75, 3.05) is 32.0 Å². The predicted molar refractivity (Wildman–Crippen MR) is 54.8 cm³/mol. The van der Waals surface area contributed by atoms with Gasteiger partial charge in [0.05, 0.1) is 0 Å². The Kier molecular flexibility index (Phi) is 5.22. The number of nitrogens with zero attached hydrogens (tertiary/aromatic N) is 1. The second-order valence-electron chi connectivity index (χ2n) is 3.79. The van der Waals surface area contributed by atoms with Gasteiger partial charge in [0.25, 0.3) is 0 Å². The van der Waals surface area contributed by atoms with Crippen molar-refractivity contribution in [3.63, 3.8) is 0 Å². The molecular formula is C9H16F3NOS. The average Bonchev–Trinajstić information content (AvgIpc) is 2.16. The van der Waals surface area contributed by atoms with E-state index in [1.807, 2.05) is 4.90 Å². The SMILES string of the molecule is OCC1CCCN(CCSC(F)(F)F)C1. The first kappa shape index (κ1) is 13.1. The molecule has 0 aromatic heterocycles. The first-order valence-electron chi connectivity index (χ1n) is 5.05. The topological polar surface area (TPSA) is 23.5 Å². The summed E-state index contributed by atoms with van der Waals surface area (Å²) in [5.41, 5.74) is -4.12. The van der Waals surface area contributed by atoms with Crippen LogP contribution in [0.2, 0.25) is 0 Å². The fourth-order valence-corrected chi connectivity index (χ4v) is 2.37. The molecule has 1 aliphatic rings. The summed E-state index contributed by atoms with van der Waals surface area (Å²) < 4.78 is 35.6. The van der Waals surface area contributed by atoms with Gasteiger partial charge in [0.1, 0.15) is 0 Å². The van der Waals surface area contributed by atoms with E-state index in [1.54, 1.807) is 0 Å². The number of rotatable bonds is 4. The molecule has 6 heteroatoms. The molecule has 1 atom stereocenters. The minimum absolute atomic E-state index is 0.0319. The van der Waals surface area contributed by atoms with E-state index < -0.39 is 5.51 Å². The molecule has 1 heterocycles. The maximum Gasteiger partial charge on any atom is 0.441 e. The molecule has 0 amide bonds. The average molecular weight is 243 g/mol. The normalized spacial score (nSPS) is 24.4. The Bertz CT molecular complexity index is 189. The summed E-state index contributed by atoms with van der Waals surface area (Å²) in [7, 11) is 0. The Hall–Kier alpha value is 0.0600. The van der Waals surface area contributed by atoms with Crippen LogP contribution in [0, 0.1) is 5.92 Å². The largest absolute Gasteiger partial charge is 0.441 e. The van der Waals surface area contributed by atoms with Crippen LogP contribution in [0.1, 0.15) is 12.8 Å². The molecule has 0 bridgehead atoms.